The number of hydrogen-bond acceptors (Lipinski definition) is 4. The van der Waals surface area contributed by atoms with Gasteiger partial charge in [0.25, 0.3) is 0 Å². The highest BCUT2D eigenvalue weighted by molar-refractivity contribution is 6.22. The Morgan fingerprint density at radius 2 is 2.05 bits per heavy atom. The third-order valence-corrected chi connectivity index (χ3v) is 4.01. The van der Waals surface area contributed by atoms with E-state index in [-0.39, 0.29) is 24.8 Å². The van der Waals surface area contributed by atoms with Crippen LogP contribution in [0.25, 0.3) is 0 Å². The second kappa shape index (κ2) is 6.06. The number of pyridine rings is 1. The van der Waals surface area contributed by atoms with Gasteiger partial charge >= 0.3 is 0 Å². The number of carbonyl (C=O) groups excluding carboxylic acids is 2. The van der Waals surface area contributed by atoms with Crippen LogP contribution in [-0.2, 0) is 9.59 Å². The third-order valence-electron chi connectivity index (χ3n) is 4.01. The normalized spacial score (nSPS) is 16.8. The lowest BCUT2D eigenvalue weighted by molar-refractivity contribution is -0.126. The number of nitrogens with zero attached hydrogens (tertiary/aromatic N) is 2. The van der Waals surface area contributed by atoms with Gasteiger partial charge < -0.3 is 5.11 Å². The van der Waals surface area contributed by atoms with E-state index in [1.54, 1.807) is 18.2 Å². The molecule has 1 N–H and O–H groups in total. The second-order valence-corrected chi connectivity index (χ2v) is 5.04. The molecule has 0 spiro atoms. The fourth-order valence-electron chi connectivity index (χ4n) is 2.58. The van der Waals surface area contributed by atoms with Crippen LogP contribution in [0.15, 0.2) is 18.2 Å². The summed E-state index contributed by atoms with van der Waals surface area (Å²) in [6, 6.07) is 4.99. The van der Waals surface area contributed by atoms with Crippen LogP contribution in [0.5, 0.6) is 0 Å². The van der Waals surface area contributed by atoms with Crippen LogP contribution < -0.4 is 4.90 Å². The summed E-state index contributed by atoms with van der Waals surface area (Å²) in [6.45, 7) is 3.59. The van der Waals surface area contributed by atoms with Crippen molar-refractivity contribution in [2.45, 2.75) is 33.1 Å². The number of aromatic nitrogens is 1. The van der Waals surface area contributed by atoms with Gasteiger partial charge in [-0.15, -0.1) is 0 Å². The number of aliphatic hydroxyl groups is 1. The van der Waals surface area contributed by atoms with E-state index in [1.165, 1.54) is 0 Å². The largest absolute Gasteiger partial charge is 0.384 e. The lowest BCUT2D eigenvalue weighted by Gasteiger charge is -2.23. The maximum atomic E-state index is 12.6. The molecule has 0 aliphatic carbocycles. The first-order valence-corrected chi connectivity index (χ1v) is 7.02. The zero-order valence-electron chi connectivity index (χ0n) is 12.2. The Morgan fingerprint density at radius 1 is 1.33 bits per heavy atom. The summed E-state index contributed by atoms with van der Waals surface area (Å²) >= 11 is 0. The molecule has 1 aliphatic rings. The molecule has 1 aliphatic heterocycles. The number of aliphatic hydroxyl groups excluding tert-OH is 1. The molecule has 2 amide bonds. The van der Waals surface area contributed by atoms with Crippen molar-refractivity contribution < 1.29 is 14.7 Å². The van der Waals surface area contributed by atoms with Crippen molar-refractivity contribution >= 4 is 17.6 Å². The maximum Gasteiger partial charge on any atom is 0.241 e. The van der Waals surface area contributed by atoms with Crippen LogP contribution in [0.4, 0.5) is 5.82 Å². The highest BCUT2D eigenvalue weighted by Crippen LogP contribution is 2.40. The molecule has 0 radical (unpaired) electrons. The Kier molecular flexibility index (Phi) is 4.39. The van der Waals surface area contributed by atoms with Crippen molar-refractivity contribution in [2.24, 2.45) is 5.41 Å². The van der Waals surface area contributed by atoms with Gasteiger partial charge in [-0.1, -0.05) is 25.8 Å². The van der Waals surface area contributed by atoms with Crippen molar-refractivity contribution in [3.8, 4) is 11.8 Å². The standard InChI is InChI=1S/C16H18N2O3/c1-3-16(4-2)11-14(20)18(15(16)21)13-9-5-7-12(17-13)8-6-10-19/h5,7,9,19H,3-4,10-11H2,1-2H3. The number of imide groups is 1. The Hall–Kier alpha value is -2.19. The first kappa shape index (κ1) is 15.2. The molecule has 5 heteroatoms. The smallest absolute Gasteiger partial charge is 0.241 e. The second-order valence-electron chi connectivity index (χ2n) is 5.04. The van der Waals surface area contributed by atoms with E-state index in [0.29, 0.717) is 24.4 Å². The quantitative estimate of drug-likeness (QED) is 0.675. The summed E-state index contributed by atoms with van der Waals surface area (Å²) in [5, 5.41) is 8.70. The molecule has 0 aromatic carbocycles. The molecule has 0 unspecified atom stereocenters. The van der Waals surface area contributed by atoms with E-state index in [9.17, 15) is 9.59 Å². The average Bonchev–Trinajstić information content (AvgIpc) is 2.76. The molecule has 1 aromatic heterocycles. The number of carbonyl (C=O) groups is 2. The van der Waals surface area contributed by atoms with Gasteiger partial charge in [-0.05, 0) is 30.9 Å². The fourth-order valence-corrected chi connectivity index (χ4v) is 2.58. The third kappa shape index (κ3) is 2.67. The molecule has 1 saturated heterocycles. The van der Waals surface area contributed by atoms with E-state index in [2.05, 4.69) is 16.8 Å². The van der Waals surface area contributed by atoms with Crippen LogP contribution in [0.3, 0.4) is 0 Å². The molecule has 0 atom stereocenters. The summed E-state index contributed by atoms with van der Waals surface area (Å²) in [7, 11) is 0. The summed E-state index contributed by atoms with van der Waals surface area (Å²) in [5.74, 6) is 5.08. The maximum absolute atomic E-state index is 12.6. The van der Waals surface area contributed by atoms with Gasteiger partial charge in [-0.25, -0.2) is 9.88 Å². The summed E-state index contributed by atoms with van der Waals surface area (Å²) in [6.07, 6.45) is 1.50. The highest BCUT2D eigenvalue weighted by atomic mass is 16.2. The van der Waals surface area contributed by atoms with Crippen molar-refractivity contribution in [1.82, 2.24) is 4.98 Å². The molecule has 0 saturated carbocycles. The summed E-state index contributed by atoms with van der Waals surface area (Å²) < 4.78 is 0. The Morgan fingerprint density at radius 3 is 2.62 bits per heavy atom. The SMILES string of the molecule is CCC1(CC)CC(=O)N(c2cccc(C#CCO)n2)C1=O. The van der Waals surface area contributed by atoms with Crippen molar-refractivity contribution in [3.05, 3.63) is 23.9 Å². The first-order valence-electron chi connectivity index (χ1n) is 7.02. The number of anilines is 1. The van der Waals surface area contributed by atoms with Crippen LogP contribution in [0.2, 0.25) is 0 Å². The van der Waals surface area contributed by atoms with Gasteiger partial charge in [-0.3, -0.25) is 9.59 Å². The van der Waals surface area contributed by atoms with Crippen LogP contribution in [0, 0.1) is 17.3 Å². The van der Waals surface area contributed by atoms with Crippen molar-refractivity contribution in [1.29, 1.82) is 0 Å². The van der Waals surface area contributed by atoms with Gasteiger partial charge in [-0.2, -0.15) is 0 Å². The Bertz CT molecular complexity index is 624. The van der Waals surface area contributed by atoms with E-state index in [1.807, 2.05) is 13.8 Å². The highest BCUT2D eigenvalue weighted by Gasteiger charge is 2.50. The minimum Gasteiger partial charge on any atom is -0.384 e. The predicted molar refractivity (Wildman–Crippen MR) is 78.3 cm³/mol. The van der Waals surface area contributed by atoms with Gasteiger partial charge in [0, 0.05) is 6.42 Å². The lowest BCUT2D eigenvalue weighted by atomic mass is 9.81. The number of hydrogen-bond donors (Lipinski definition) is 1. The van der Waals surface area contributed by atoms with E-state index >= 15 is 0 Å². The minimum atomic E-state index is -0.606. The van der Waals surface area contributed by atoms with E-state index in [0.717, 1.165) is 4.90 Å². The van der Waals surface area contributed by atoms with Crippen LogP contribution in [0.1, 0.15) is 38.8 Å². The molecule has 1 aromatic rings. The zero-order chi connectivity index (χ0) is 15.5. The van der Waals surface area contributed by atoms with Gasteiger partial charge in [0.15, 0.2) is 0 Å². The van der Waals surface area contributed by atoms with Gasteiger partial charge in [0.05, 0.1) is 5.41 Å². The zero-order valence-corrected chi connectivity index (χ0v) is 12.2. The summed E-state index contributed by atoms with van der Waals surface area (Å²) in [5.41, 5.74) is -0.182. The van der Waals surface area contributed by atoms with Crippen molar-refractivity contribution in [2.75, 3.05) is 11.5 Å². The fraction of sp³-hybridized carbons (Fsp3) is 0.438. The minimum absolute atomic E-state index is 0.183. The molecule has 2 rings (SSSR count). The molecule has 1 fully saturated rings. The summed E-state index contributed by atoms with van der Waals surface area (Å²) in [4.78, 5) is 30.2. The monoisotopic (exact) mass is 286 g/mol. The topological polar surface area (TPSA) is 70.5 Å². The average molecular weight is 286 g/mol. The van der Waals surface area contributed by atoms with Gasteiger partial charge in [0.1, 0.15) is 18.1 Å². The molecule has 0 bridgehead atoms. The van der Waals surface area contributed by atoms with Crippen LogP contribution in [-0.4, -0.2) is 28.5 Å². The van der Waals surface area contributed by atoms with Crippen molar-refractivity contribution in [3.63, 3.8) is 0 Å². The van der Waals surface area contributed by atoms with Gasteiger partial charge in [0.2, 0.25) is 11.8 Å². The number of amides is 2. The van der Waals surface area contributed by atoms with E-state index in [4.69, 9.17) is 5.11 Å². The molecule has 5 nitrogen and oxygen atoms in total. The predicted octanol–water partition coefficient (Wildman–Crippen LogP) is 1.50. The molecule has 110 valence electrons. The van der Waals surface area contributed by atoms with Crippen LogP contribution >= 0.6 is 0 Å². The molecule has 2 heterocycles. The molecule has 21 heavy (non-hydrogen) atoms. The lowest BCUT2D eigenvalue weighted by Crippen LogP contribution is -2.35. The van der Waals surface area contributed by atoms with E-state index < -0.39 is 5.41 Å². The number of rotatable bonds is 3. The Balaban J connectivity index is 2.38. The Labute approximate surface area is 124 Å². The molecular weight excluding hydrogens is 268 g/mol. The molecular formula is C16H18N2O3. The first-order chi connectivity index (χ1) is 10.1.